The van der Waals surface area contributed by atoms with Crippen LogP contribution in [0.3, 0.4) is 0 Å². The average Bonchev–Trinajstić information content (AvgIpc) is 3.01. The number of nitrogens with zero attached hydrogens (tertiary/aromatic N) is 1. The third-order valence-electron chi connectivity index (χ3n) is 3.40. The minimum atomic E-state index is 0.876. The molecule has 0 saturated heterocycles. The van der Waals surface area contributed by atoms with E-state index in [9.17, 15) is 0 Å². The van der Waals surface area contributed by atoms with Crippen LogP contribution in [-0.2, 0) is 0 Å². The predicted octanol–water partition coefficient (Wildman–Crippen LogP) is 2.11. The fraction of sp³-hybridized carbons (Fsp3) is 1.00. The summed E-state index contributed by atoms with van der Waals surface area (Å²) in [4.78, 5) is 2.49. The molecule has 84 valence electrons. The molecule has 2 nitrogen and oxygen atoms in total. The monoisotopic (exact) mass is 198 g/mol. The number of rotatable bonds is 8. The first-order valence-corrected chi connectivity index (χ1v) is 6.18. The van der Waals surface area contributed by atoms with E-state index in [1.807, 2.05) is 0 Å². The Labute approximate surface area is 89.1 Å². The first-order chi connectivity index (χ1) is 6.77. The van der Waals surface area contributed by atoms with Crippen molar-refractivity contribution in [3.8, 4) is 0 Å². The van der Waals surface area contributed by atoms with Gasteiger partial charge in [-0.15, -0.1) is 0 Å². The number of hydrogen-bond donors (Lipinski definition) is 1. The molecule has 2 heteroatoms. The van der Waals surface area contributed by atoms with Gasteiger partial charge < -0.3 is 10.2 Å². The van der Waals surface area contributed by atoms with Crippen molar-refractivity contribution in [3.05, 3.63) is 0 Å². The molecule has 0 aliphatic heterocycles. The maximum Gasteiger partial charge on any atom is 0.0107 e. The van der Waals surface area contributed by atoms with E-state index in [1.54, 1.807) is 0 Å². The van der Waals surface area contributed by atoms with Gasteiger partial charge in [-0.2, -0.15) is 0 Å². The van der Waals surface area contributed by atoms with Crippen molar-refractivity contribution < 1.29 is 0 Å². The van der Waals surface area contributed by atoms with Crippen molar-refractivity contribution in [3.63, 3.8) is 0 Å². The fourth-order valence-electron chi connectivity index (χ4n) is 1.84. The Bertz CT molecular complexity index is 135. The van der Waals surface area contributed by atoms with Crippen LogP contribution in [0.25, 0.3) is 0 Å². The molecule has 0 heterocycles. The van der Waals surface area contributed by atoms with Crippen LogP contribution in [0.15, 0.2) is 0 Å². The third-order valence-corrected chi connectivity index (χ3v) is 3.40. The molecule has 1 aliphatic carbocycles. The van der Waals surface area contributed by atoms with E-state index in [1.165, 1.54) is 38.8 Å². The van der Waals surface area contributed by atoms with E-state index in [2.05, 4.69) is 31.1 Å². The summed E-state index contributed by atoms with van der Waals surface area (Å²) in [5, 5.41) is 3.56. The Morgan fingerprint density at radius 1 is 1.29 bits per heavy atom. The Kier molecular flexibility index (Phi) is 5.49. The van der Waals surface area contributed by atoms with Gasteiger partial charge in [0.1, 0.15) is 0 Å². The number of likely N-dealkylation sites (N-methyl/N-ethyl adjacent to an activating group) is 1. The Morgan fingerprint density at radius 2 is 1.93 bits per heavy atom. The van der Waals surface area contributed by atoms with Gasteiger partial charge >= 0.3 is 0 Å². The SMILES string of the molecule is CCC(CC)CNCCN(C)C1CC1. The Morgan fingerprint density at radius 3 is 2.43 bits per heavy atom. The molecule has 0 aromatic carbocycles. The maximum atomic E-state index is 3.56. The van der Waals surface area contributed by atoms with Crippen molar-refractivity contribution in [1.29, 1.82) is 0 Å². The van der Waals surface area contributed by atoms with E-state index >= 15 is 0 Å². The van der Waals surface area contributed by atoms with Crippen molar-refractivity contribution in [2.24, 2.45) is 5.92 Å². The van der Waals surface area contributed by atoms with Gasteiger partial charge in [0.15, 0.2) is 0 Å². The van der Waals surface area contributed by atoms with Gasteiger partial charge in [0.2, 0.25) is 0 Å². The zero-order valence-corrected chi connectivity index (χ0v) is 10.1. The molecule has 0 amide bonds. The van der Waals surface area contributed by atoms with E-state index < -0.39 is 0 Å². The lowest BCUT2D eigenvalue weighted by molar-refractivity contribution is 0.315. The molecule has 0 aromatic heterocycles. The summed E-state index contributed by atoms with van der Waals surface area (Å²) in [6.07, 6.45) is 5.45. The van der Waals surface area contributed by atoms with E-state index in [-0.39, 0.29) is 0 Å². The number of nitrogens with one attached hydrogen (secondary N) is 1. The van der Waals surface area contributed by atoms with Crippen LogP contribution < -0.4 is 5.32 Å². The molecular weight excluding hydrogens is 172 g/mol. The largest absolute Gasteiger partial charge is 0.315 e. The van der Waals surface area contributed by atoms with Crippen molar-refractivity contribution >= 4 is 0 Å². The molecule has 0 spiro atoms. The lowest BCUT2D eigenvalue weighted by Crippen LogP contribution is -2.32. The smallest absolute Gasteiger partial charge is 0.0107 e. The zero-order chi connectivity index (χ0) is 10.4. The van der Waals surface area contributed by atoms with E-state index in [0.717, 1.165) is 18.5 Å². The van der Waals surface area contributed by atoms with Gasteiger partial charge in [-0.1, -0.05) is 26.7 Å². The van der Waals surface area contributed by atoms with Crippen LogP contribution in [0.5, 0.6) is 0 Å². The van der Waals surface area contributed by atoms with Crippen LogP contribution >= 0.6 is 0 Å². The summed E-state index contributed by atoms with van der Waals surface area (Å²) >= 11 is 0. The second-order valence-corrected chi connectivity index (χ2v) is 4.60. The van der Waals surface area contributed by atoms with Crippen LogP contribution in [-0.4, -0.2) is 37.6 Å². The van der Waals surface area contributed by atoms with Gasteiger partial charge in [0.25, 0.3) is 0 Å². The summed E-state index contributed by atoms with van der Waals surface area (Å²) in [5.74, 6) is 0.876. The van der Waals surface area contributed by atoms with Gasteiger partial charge in [-0.05, 0) is 32.4 Å². The average molecular weight is 198 g/mol. The van der Waals surface area contributed by atoms with Gasteiger partial charge in [-0.25, -0.2) is 0 Å². The molecule has 0 unspecified atom stereocenters. The summed E-state index contributed by atoms with van der Waals surface area (Å²) in [7, 11) is 2.25. The second kappa shape index (κ2) is 6.41. The molecule has 0 aromatic rings. The Balaban J connectivity index is 1.92. The highest BCUT2D eigenvalue weighted by Crippen LogP contribution is 2.24. The quantitative estimate of drug-likeness (QED) is 0.601. The normalized spacial score (nSPS) is 16.9. The minimum Gasteiger partial charge on any atom is -0.315 e. The van der Waals surface area contributed by atoms with Crippen LogP contribution in [0.1, 0.15) is 39.5 Å². The summed E-state index contributed by atoms with van der Waals surface area (Å²) in [5.41, 5.74) is 0. The summed E-state index contributed by atoms with van der Waals surface area (Å²) in [6.45, 7) is 8.14. The molecule has 1 saturated carbocycles. The van der Waals surface area contributed by atoms with Crippen LogP contribution in [0.2, 0.25) is 0 Å². The van der Waals surface area contributed by atoms with Crippen LogP contribution in [0.4, 0.5) is 0 Å². The second-order valence-electron chi connectivity index (χ2n) is 4.60. The highest BCUT2D eigenvalue weighted by molar-refractivity contribution is 4.82. The molecule has 0 atom stereocenters. The minimum absolute atomic E-state index is 0.876. The molecule has 1 N–H and O–H groups in total. The third kappa shape index (κ3) is 4.43. The molecule has 0 bridgehead atoms. The van der Waals surface area contributed by atoms with Crippen LogP contribution in [0, 0.1) is 5.92 Å². The first kappa shape index (κ1) is 12.0. The first-order valence-electron chi connectivity index (χ1n) is 6.18. The highest BCUT2D eigenvalue weighted by atomic mass is 15.2. The van der Waals surface area contributed by atoms with Crippen molar-refractivity contribution in [2.75, 3.05) is 26.7 Å². The number of hydrogen-bond acceptors (Lipinski definition) is 2. The van der Waals surface area contributed by atoms with Gasteiger partial charge in [-0.3, -0.25) is 0 Å². The van der Waals surface area contributed by atoms with Crippen molar-refractivity contribution in [2.45, 2.75) is 45.6 Å². The lowest BCUT2D eigenvalue weighted by atomic mass is 10.0. The maximum absolute atomic E-state index is 3.56. The van der Waals surface area contributed by atoms with Gasteiger partial charge in [0, 0.05) is 19.1 Å². The lowest BCUT2D eigenvalue weighted by Gasteiger charge is -2.17. The molecule has 0 radical (unpaired) electrons. The topological polar surface area (TPSA) is 15.3 Å². The fourth-order valence-corrected chi connectivity index (χ4v) is 1.84. The summed E-state index contributed by atoms with van der Waals surface area (Å²) in [6, 6.07) is 0.907. The molecule has 1 fully saturated rings. The van der Waals surface area contributed by atoms with Gasteiger partial charge in [0.05, 0.1) is 0 Å². The van der Waals surface area contributed by atoms with E-state index in [0.29, 0.717) is 0 Å². The highest BCUT2D eigenvalue weighted by Gasteiger charge is 2.25. The Hall–Kier alpha value is -0.0800. The molecule has 1 rings (SSSR count). The predicted molar refractivity (Wildman–Crippen MR) is 62.6 cm³/mol. The molecule has 1 aliphatic rings. The standard InChI is InChI=1S/C12H26N2/c1-4-11(5-2)10-13-8-9-14(3)12-6-7-12/h11-13H,4-10H2,1-3H3. The van der Waals surface area contributed by atoms with Crippen molar-refractivity contribution in [1.82, 2.24) is 10.2 Å². The molecular formula is C12H26N2. The van der Waals surface area contributed by atoms with E-state index in [4.69, 9.17) is 0 Å². The zero-order valence-electron chi connectivity index (χ0n) is 10.1. The molecule has 14 heavy (non-hydrogen) atoms. The summed E-state index contributed by atoms with van der Waals surface area (Å²) < 4.78 is 0.